The molecule has 0 bridgehead atoms. The summed E-state index contributed by atoms with van der Waals surface area (Å²) in [5, 5.41) is 3.39. The first-order chi connectivity index (χ1) is 16.3. The first-order valence-corrected chi connectivity index (χ1v) is 12.6. The molecule has 0 spiro atoms. The van der Waals surface area contributed by atoms with E-state index in [1.165, 1.54) is 4.90 Å². The molecule has 1 aliphatic carbocycles. The Bertz CT molecular complexity index is 1300. The fourth-order valence-corrected chi connectivity index (χ4v) is 6.77. The lowest BCUT2D eigenvalue weighted by Gasteiger charge is -2.25. The van der Waals surface area contributed by atoms with Gasteiger partial charge in [-0.05, 0) is 30.5 Å². The number of nitrogens with one attached hydrogen (secondary N) is 1. The number of carbonyl (C=O) groups excluding carboxylic acids is 2. The van der Waals surface area contributed by atoms with Crippen LogP contribution in [0.4, 0.5) is 5.69 Å². The molecular formula is C25H29N5O3S. The predicted molar refractivity (Wildman–Crippen MR) is 131 cm³/mol. The van der Waals surface area contributed by atoms with Gasteiger partial charge in [-0.25, -0.2) is 0 Å². The SMILES string of the molecule is Cc1c(N)cc(-c2ccnc3cc(CN4C(=O)C5C(C4=O)C5(C)C)sc23)n1CC1CNCCO1. The second-order valence-corrected chi connectivity index (χ2v) is 11.3. The van der Waals surface area contributed by atoms with E-state index >= 15 is 0 Å². The van der Waals surface area contributed by atoms with E-state index in [1.807, 2.05) is 39.0 Å². The minimum absolute atomic E-state index is 0.0380. The average molecular weight is 480 g/mol. The molecule has 34 heavy (non-hydrogen) atoms. The van der Waals surface area contributed by atoms with E-state index in [2.05, 4.69) is 14.9 Å². The molecule has 1 saturated carbocycles. The zero-order chi connectivity index (χ0) is 23.8. The number of pyridine rings is 1. The van der Waals surface area contributed by atoms with E-state index < -0.39 is 0 Å². The highest BCUT2D eigenvalue weighted by molar-refractivity contribution is 7.19. The van der Waals surface area contributed by atoms with Crippen molar-refractivity contribution in [3.05, 3.63) is 35.0 Å². The van der Waals surface area contributed by atoms with Crippen LogP contribution < -0.4 is 11.1 Å². The van der Waals surface area contributed by atoms with E-state index in [0.29, 0.717) is 19.7 Å². The standard InChI is InChI=1S/C25H29N5O3S/c1-13-17(26)9-19(29(13)11-14-10-27-6-7-33-14)16-4-5-28-18-8-15(34-22(16)18)12-30-23(31)20-21(24(30)32)25(20,2)3/h4-5,8-9,14,20-21,27H,6-7,10-12,26H2,1-3H3. The van der Waals surface area contributed by atoms with Crippen LogP contribution in [0.3, 0.4) is 0 Å². The van der Waals surface area contributed by atoms with Gasteiger partial charge in [-0.15, -0.1) is 11.3 Å². The number of morpholine rings is 1. The van der Waals surface area contributed by atoms with Gasteiger partial charge in [0.1, 0.15) is 0 Å². The largest absolute Gasteiger partial charge is 0.397 e. The highest BCUT2D eigenvalue weighted by Gasteiger charge is 2.72. The van der Waals surface area contributed by atoms with Crippen LogP contribution >= 0.6 is 11.3 Å². The molecule has 2 aliphatic heterocycles. The van der Waals surface area contributed by atoms with Gasteiger partial charge >= 0.3 is 0 Å². The van der Waals surface area contributed by atoms with Crippen molar-refractivity contribution < 1.29 is 14.3 Å². The molecule has 2 amide bonds. The molecule has 3 aromatic heterocycles. The third kappa shape index (κ3) is 3.21. The van der Waals surface area contributed by atoms with Gasteiger partial charge in [0.15, 0.2) is 0 Å². The first kappa shape index (κ1) is 21.8. The molecule has 0 radical (unpaired) electrons. The third-order valence-electron chi connectivity index (χ3n) is 7.74. The summed E-state index contributed by atoms with van der Waals surface area (Å²) < 4.78 is 9.20. The monoisotopic (exact) mass is 479 g/mol. The number of rotatable bonds is 5. The molecule has 3 atom stereocenters. The molecule has 3 unspecified atom stereocenters. The van der Waals surface area contributed by atoms with Crippen LogP contribution in [0.1, 0.15) is 24.4 Å². The quantitative estimate of drug-likeness (QED) is 0.546. The van der Waals surface area contributed by atoms with Crippen molar-refractivity contribution in [1.29, 1.82) is 0 Å². The molecule has 9 heteroatoms. The van der Waals surface area contributed by atoms with Crippen molar-refractivity contribution >= 4 is 39.1 Å². The molecule has 3 aromatic rings. The lowest BCUT2D eigenvalue weighted by Crippen LogP contribution is -2.41. The first-order valence-electron chi connectivity index (χ1n) is 11.8. The number of carbonyl (C=O) groups is 2. The number of anilines is 1. The maximum Gasteiger partial charge on any atom is 0.234 e. The van der Waals surface area contributed by atoms with Crippen LogP contribution in [-0.2, 0) is 27.4 Å². The van der Waals surface area contributed by atoms with Crippen molar-refractivity contribution in [1.82, 2.24) is 19.8 Å². The number of nitrogens with two attached hydrogens (primary N) is 1. The molecule has 5 heterocycles. The van der Waals surface area contributed by atoms with Crippen molar-refractivity contribution in [2.24, 2.45) is 17.3 Å². The molecule has 178 valence electrons. The van der Waals surface area contributed by atoms with Crippen LogP contribution in [0, 0.1) is 24.2 Å². The number of hydrogen-bond donors (Lipinski definition) is 2. The van der Waals surface area contributed by atoms with Crippen LogP contribution in [0.2, 0.25) is 0 Å². The summed E-state index contributed by atoms with van der Waals surface area (Å²) in [6.45, 7) is 9.45. The summed E-state index contributed by atoms with van der Waals surface area (Å²) in [7, 11) is 0. The Morgan fingerprint density at radius 2 is 2.03 bits per heavy atom. The Labute approximate surface area is 202 Å². The zero-order valence-electron chi connectivity index (χ0n) is 19.6. The fourth-order valence-electron chi connectivity index (χ4n) is 5.65. The maximum absolute atomic E-state index is 12.8. The number of imide groups is 1. The Morgan fingerprint density at radius 1 is 1.26 bits per heavy atom. The lowest BCUT2D eigenvalue weighted by molar-refractivity contribution is -0.143. The minimum Gasteiger partial charge on any atom is -0.397 e. The topological polar surface area (TPSA) is 102 Å². The molecule has 3 fully saturated rings. The number of piperidine rings is 1. The number of aromatic nitrogens is 2. The van der Waals surface area contributed by atoms with Gasteiger partial charge in [0, 0.05) is 35.4 Å². The number of nitrogen functional groups attached to an aromatic ring is 1. The molecule has 8 nitrogen and oxygen atoms in total. The third-order valence-corrected chi connectivity index (χ3v) is 8.88. The van der Waals surface area contributed by atoms with Crippen LogP contribution in [0.15, 0.2) is 24.4 Å². The normalized spacial score (nSPS) is 25.9. The minimum atomic E-state index is -0.194. The Kier molecular flexibility index (Phi) is 4.88. The Morgan fingerprint density at radius 3 is 2.74 bits per heavy atom. The van der Waals surface area contributed by atoms with Gasteiger partial charge in [-0.3, -0.25) is 19.5 Å². The zero-order valence-corrected chi connectivity index (χ0v) is 20.4. The predicted octanol–water partition coefficient (Wildman–Crippen LogP) is 2.78. The van der Waals surface area contributed by atoms with Gasteiger partial charge < -0.3 is 20.4 Å². The number of hydrogen-bond acceptors (Lipinski definition) is 7. The van der Waals surface area contributed by atoms with Gasteiger partial charge in [-0.2, -0.15) is 0 Å². The number of nitrogens with zero attached hydrogens (tertiary/aromatic N) is 3. The van der Waals surface area contributed by atoms with Gasteiger partial charge in [0.25, 0.3) is 0 Å². The summed E-state index contributed by atoms with van der Waals surface area (Å²) in [5.41, 5.74) is 10.8. The van der Waals surface area contributed by atoms with Gasteiger partial charge in [-0.1, -0.05) is 13.8 Å². The number of likely N-dealkylation sites (tertiary alicyclic amines) is 1. The van der Waals surface area contributed by atoms with E-state index in [9.17, 15) is 9.59 Å². The number of amides is 2. The summed E-state index contributed by atoms with van der Waals surface area (Å²) in [4.78, 5) is 32.6. The van der Waals surface area contributed by atoms with E-state index in [-0.39, 0.29) is 35.2 Å². The Hall–Kier alpha value is -2.75. The number of fused-ring (bicyclic) bond motifs is 2. The summed E-state index contributed by atoms with van der Waals surface area (Å²) in [6.07, 6.45) is 1.89. The van der Waals surface area contributed by atoms with Crippen molar-refractivity contribution in [3.63, 3.8) is 0 Å². The molecule has 3 N–H and O–H groups in total. The molecule has 6 rings (SSSR count). The lowest BCUT2D eigenvalue weighted by atomic mass is 10.1. The average Bonchev–Trinajstić information content (AvgIpc) is 3.08. The highest BCUT2D eigenvalue weighted by Crippen LogP contribution is 2.63. The van der Waals surface area contributed by atoms with Crippen molar-refractivity contribution in [2.45, 2.75) is 40.0 Å². The Balaban J connectivity index is 1.33. The molecule has 3 aliphatic rings. The summed E-state index contributed by atoms with van der Waals surface area (Å²) in [5.74, 6) is -0.393. The van der Waals surface area contributed by atoms with Gasteiger partial charge in [0.2, 0.25) is 11.8 Å². The number of thiophene rings is 1. The van der Waals surface area contributed by atoms with Crippen LogP contribution in [-0.4, -0.2) is 52.1 Å². The second kappa shape index (κ2) is 7.63. The number of ether oxygens (including phenoxy) is 1. The maximum atomic E-state index is 12.8. The highest BCUT2D eigenvalue weighted by atomic mass is 32.1. The van der Waals surface area contributed by atoms with Crippen LogP contribution in [0.25, 0.3) is 21.5 Å². The molecule has 2 saturated heterocycles. The van der Waals surface area contributed by atoms with E-state index in [1.54, 1.807) is 17.5 Å². The summed E-state index contributed by atoms with van der Waals surface area (Å²) >= 11 is 1.59. The van der Waals surface area contributed by atoms with Gasteiger partial charge in [0.05, 0.1) is 59.2 Å². The molecular weight excluding hydrogens is 450 g/mol. The molecule has 0 aromatic carbocycles. The van der Waals surface area contributed by atoms with Crippen LogP contribution in [0.5, 0.6) is 0 Å². The van der Waals surface area contributed by atoms with E-state index in [0.717, 1.165) is 50.8 Å². The van der Waals surface area contributed by atoms with E-state index in [4.69, 9.17) is 10.5 Å². The smallest absolute Gasteiger partial charge is 0.234 e. The second-order valence-electron chi connectivity index (χ2n) is 10.2. The summed E-state index contributed by atoms with van der Waals surface area (Å²) in [6, 6.07) is 6.02. The van der Waals surface area contributed by atoms with Crippen molar-refractivity contribution in [3.8, 4) is 11.3 Å². The van der Waals surface area contributed by atoms with Crippen molar-refractivity contribution in [2.75, 3.05) is 25.4 Å². The fraction of sp³-hybridized carbons (Fsp3) is 0.480.